The van der Waals surface area contributed by atoms with Crippen molar-refractivity contribution in [3.8, 4) is 0 Å². The van der Waals surface area contributed by atoms with E-state index < -0.39 is 0 Å². The molecule has 2 fully saturated rings. The number of benzene rings is 1. The van der Waals surface area contributed by atoms with E-state index in [0.29, 0.717) is 0 Å². The van der Waals surface area contributed by atoms with Crippen LogP contribution >= 0.6 is 0 Å². The first kappa shape index (κ1) is 18.5. The van der Waals surface area contributed by atoms with E-state index in [1.807, 2.05) is 0 Å². The summed E-state index contributed by atoms with van der Waals surface area (Å²) in [4.78, 5) is 11.1. The fourth-order valence-corrected chi connectivity index (χ4v) is 5.32. The van der Waals surface area contributed by atoms with Gasteiger partial charge in [-0.3, -0.25) is 4.79 Å². The summed E-state index contributed by atoms with van der Waals surface area (Å²) in [6.45, 7) is 3.89. The van der Waals surface area contributed by atoms with E-state index in [4.69, 9.17) is 0 Å². The minimum Gasteiger partial charge on any atom is -0.326 e. The zero-order chi connectivity index (χ0) is 17.6. The van der Waals surface area contributed by atoms with Crippen molar-refractivity contribution in [1.29, 1.82) is 0 Å². The van der Waals surface area contributed by atoms with E-state index >= 15 is 0 Å². The third-order valence-corrected chi connectivity index (χ3v) is 6.73. The van der Waals surface area contributed by atoms with Crippen LogP contribution in [0.4, 0.5) is 5.69 Å². The third-order valence-electron chi connectivity index (χ3n) is 6.73. The molecule has 138 valence electrons. The van der Waals surface area contributed by atoms with E-state index in [1.165, 1.54) is 69.8 Å². The van der Waals surface area contributed by atoms with Gasteiger partial charge in [0.25, 0.3) is 0 Å². The fraction of sp³-hybridized carbons (Fsp3) is 0.696. The third kappa shape index (κ3) is 5.09. The van der Waals surface area contributed by atoms with E-state index in [1.54, 1.807) is 6.92 Å². The smallest absolute Gasteiger partial charge is 0.221 e. The Morgan fingerprint density at radius 3 is 2.00 bits per heavy atom. The van der Waals surface area contributed by atoms with Gasteiger partial charge in [-0.2, -0.15) is 0 Å². The molecule has 0 bridgehead atoms. The number of nitrogens with one attached hydrogen (secondary N) is 1. The van der Waals surface area contributed by atoms with E-state index in [2.05, 4.69) is 36.5 Å². The second-order valence-corrected chi connectivity index (χ2v) is 8.48. The molecule has 0 unspecified atom stereocenters. The molecule has 25 heavy (non-hydrogen) atoms. The first-order chi connectivity index (χ1) is 12.2. The second-order valence-electron chi connectivity index (χ2n) is 8.48. The molecule has 1 aromatic rings. The van der Waals surface area contributed by atoms with Gasteiger partial charge in [0.1, 0.15) is 0 Å². The predicted octanol–water partition coefficient (Wildman–Crippen LogP) is 6.53. The van der Waals surface area contributed by atoms with Crippen LogP contribution in [0.5, 0.6) is 0 Å². The molecule has 0 atom stereocenters. The number of anilines is 1. The highest BCUT2D eigenvalue weighted by atomic mass is 16.1. The molecule has 0 saturated heterocycles. The monoisotopic (exact) mass is 341 g/mol. The summed E-state index contributed by atoms with van der Waals surface area (Å²) in [7, 11) is 0. The largest absolute Gasteiger partial charge is 0.326 e. The van der Waals surface area contributed by atoms with Crippen molar-refractivity contribution in [3.05, 3.63) is 29.8 Å². The van der Waals surface area contributed by atoms with Gasteiger partial charge in [-0.15, -0.1) is 0 Å². The van der Waals surface area contributed by atoms with Crippen molar-refractivity contribution in [2.45, 2.75) is 84.0 Å². The summed E-state index contributed by atoms with van der Waals surface area (Å²) in [6.07, 6.45) is 14.3. The van der Waals surface area contributed by atoms with Crippen LogP contribution in [0.1, 0.15) is 89.5 Å². The maximum atomic E-state index is 11.1. The van der Waals surface area contributed by atoms with Crippen LogP contribution in [-0.4, -0.2) is 5.91 Å². The Morgan fingerprint density at radius 2 is 1.48 bits per heavy atom. The lowest BCUT2D eigenvalue weighted by Crippen LogP contribution is -2.25. The van der Waals surface area contributed by atoms with Gasteiger partial charge in [-0.25, -0.2) is 0 Å². The lowest BCUT2D eigenvalue weighted by Gasteiger charge is -2.38. The lowest BCUT2D eigenvalue weighted by molar-refractivity contribution is -0.114. The zero-order valence-electron chi connectivity index (χ0n) is 16.1. The Labute approximate surface area is 153 Å². The molecule has 2 aliphatic rings. The van der Waals surface area contributed by atoms with Gasteiger partial charge in [0, 0.05) is 12.6 Å². The van der Waals surface area contributed by atoms with Crippen LogP contribution in [-0.2, 0) is 4.79 Å². The van der Waals surface area contributed by atoms with E-state index in [0.717, 1.165) is 29.4 Å². The van der Waals surface area contributed by atoms with Gasteiger partial charge in [0.2, 0.25) is 5.91 Å². The minimum atomic E-state index is 0.00177. The number of rotatable bonds is 5. The van der Waals surface area contributed by atoms with Crippen LogP contribution in [0.3, 0.4) is 0 Å². The molecule has 1 N–H and O–H groups in total. The highest BCUT2D eigenvalue weighted by Gasteiger charge is 2.31. The summed E-state index contributed by atoms with van der Waals surface area (Å²) in [6, 6.07) is 8.54. The van der Waals surface area contributed by atoms with Crippen LogP contribution in [0.15, 0.2) is 24.3 Å². The first-order valence-electron chi connectivity index (χ1n) is 10.5. The molecule has 2 aliphatic carbocycles. The van der Waals surface area contributed by atoms with Crippen LogP contribution < -0.4 is 5.32 Å². The summed E-state index contributed by atoms with van der Waals surface area (Å²) in [5.41, 5.74) is 2.37. The maximum absolute atomic E-state index is 11.1. The Hall–Kier alpha value is -1.31. The Balaban J connectivity index is 1.46. The first-order valence-corrected chi connectivity index (χ1v) is 10.5. The van der Waals surface area contributed by atoms with Crippen molar-refractivity contribution in [2.75, 3.05) is 5.32 Å². The highest BCUT2D eigenvalue weighted by Crippen LogP contribution is 2.44. The van der Waals surface area contributed by atoms with Crippen molar-refractivity contribution in [1.82, 2.24) is 0 Å². The lowest BCUT2D eigenvalue weighted by atomic mass is 9.68. The van der Waals surface area contributed by atoms with Crippen molar-refractivity contribution in [2.24, 2.45) is 17.8 Å². The second kappa shape index (κ2) is 8.87. The molecule has 0 spiro atoms. The Kier molecular flexibility index (Phi) is 6.56. The molecule has 0 aliphatic heterocycles. The maximum Gasteiger partial charge on any atom is 0.221 e. The number of hydrogen-bond acceptors (Lipinski definition) is 1. The molecule has 0 aromatic heterocycles. The Bertz CT molecular complexity index is 534. The number of amides is 1. The quantitative estimate of drug-likeness (QED) is 0.648. The molecule has 3 rings (SSSR count). The number of hydrogen-bond donors (Lipinski definition) is 1. The molecular weight excluding hydrogens is 306 g/mol. The van der Waals surface area contributed by atoms with Crippen molar-refractivity contribution in [3.63, 3.8) is 0 Å². The molecule has 0 radical (unpaired) electrons. The summed E-state index contributed by atoms with van der Waals surface area (Å²) in [5, 5.41) is 2.86. The number of carbonyl (C=O) groups excluding carboxylic acids is 1. The molecule has 2 heteroatoms. The zero-order valence-corrected chi connectivity index (χ0v) is 16.1. The SMILES string of the molecule is CCC[C@H]1CC[C@H]([C@H]2CC[C@H](c3ccc(NC(C)=O)cc3)CC2)CC1. The van der Waals surface area contributed by atoms with E-state index in [9.17, 15) is 4.79 Å². The molecule has 0 heterocycles. The standard InChI is InChI=1S/C23H35NO/c1-3-4-18-5-7-19(8-6-18)20-9-11-21(12-10-20)22-13-15-23(16-14-22)24-17(2)25/h13-16,18-21H,3-12H2,1-2H3,(H,24,25)/t18-,19-,20-,21-. The molecular formula is C23H35NO. The summed E-state index contributed by atoms with van der Waals surface area (Å²) in [5.74, 6) is 3.74. The molecule has 2 saturated carbocycles. The molecule has 1 amide bonds. The van der Waals surface area contributed by atoms with Gasteiger partial charge in [-0.1, -0.05) is 44.7 Å². The Morgan fingerprint density at radius 1 is 0.920 bits per heavy atom. The number of carbonyl (C=O) groups is 1. The summed E-state index contributed by atoms with van der Waals surface area (Å²) < 4.78 is 0. The minimum absolute atomic E-state index is 0.00177. The van der Waals surface area contributed by atoms with Crippen LogP contribution in [0, 0.1) is 17.8 Å². The average molecular weight is 342 g/mol. The normalized spacial score (nSPS) is 30.0. The van der Waals surface area contributed by atoms with Gasteiger partial charge in [0.15, 0.2) is 0 Å². The topological polar surface area (TPSA) is 29.1 Å². The van der Waals surface area contributed by atoms with Crippen molar-refractivity contribution >= 4 is 11.6 Å². The van der Waals surface area contributed by atoms with Gasteiger partial charge in [0.05, 0.1) is 0 Å². The predicted molar refractivity (Wildman–Crippen MR) is 106 cm³/mol. The summed E-state index contributed by atoms with van der Waals surface area (Å²) >= 11 is 0. The fourth-order valence-electron chi connectivity index (χ4n) is 5.32. The van der Waals surface area contributed by atoms with Gasteiger partial charge in [-0.05, 0) is 79.9 Å². The molecule has 2 nitrogen and oxygen atoms in total. The van der Waals surface area contributed by atoms with Crippen LogP contribution in [0.2, 0.25) is 0 Å². The average Bonchev–Trinajstić information content (AvgIpc) is 2.63. The van der Waals surface area contributed by atoms with Crippen molar-refractivity contribution < 1.29 is 4.79 Å². The van der Waals surface area contributed by atoms with Crippen LogP contribution in [0.25, 0.3) is 0 Å². The highest BCUT2D eigenvalue weighted by molar-refractivity contribution is 5.88. The molecule has 1 aromatic carbocycles. The van der Waals surface area contributed by atoms with Gasteiger partial charge >= 0.3 is 0 Å². The van der Waals surface area contributed by atoms with E-state index in [-0.39, 0.29) is 5.91 Å². The van der Waals surface area contributed by atoms with Gasteiger partial charge < -0.3 is 5.32 Å².